The van der Waals surface area contributed by atoms with Crippen molar-refractivity contribution in [3.8, 4) is 0 Å². The molecule has 2 heterocycles. The molecule has 0 aromatic heterocycles. The molecule has 2 saturated heterocycles. The molecule has 14 nitrogen and oxygen atoms in total. The minimum absolute atomic E-state index is 0.0860. The van der Waals surface area contributed by atoms with Gasteiger partial charge in [0, 0.05) is 5.56 Å². The number of benzene rings is 4. The monoisotopic (exact) mass is 750 g/mol. The number of alkyl carbamates (subject to hydrolysis) is 1. The van der Waals surface area contributed by atoms with E-state index in [-0.39, 0.29) is 25.4 Å². The van der Waals surface area contributed by atoms with E-state index < -0.39 is 72.9 Å². The third-order valence-corrected chi connectivity index (χ3v) is 8.47. The fraction of sp³-hybridized carbons (Fsp3) is 0.244. The fourth-order valence-corrected chi connectivity index (χ4v) is 5.84. The molecule has 14 heteroatoms. The summed E-state index contributed by atoms with van der Waals surface area (Å²) in [6, 6.07) is 32.3. The van der Waals surface area contributed by atoms with Gasteiger partial charge in [0.1, 0.15) is 32.0 Å². The smallest absolute Gasteiger partial charge is 0.408 e. The summed E-state index contributed by atoms with van der Waals surface area (Å²) in [6.45, 7) is 2.94. The number of esters is 3. The third kappa shape index (κ3) is 9.80. The first kappa shape index (κ1) is 38.4. The second-order valence-electron chi connectivity index (χ2n) is 12.4. The van der Waals surface area contributed by atoms with Gasteiger partial charge in [-0.1, -0.05) is 110 Å². The Labute approximate surface area is 316 Å². The van der Waals surface area contributed by atoms with Gasteiger partial charge in [0.2, 0.25) is 5.91 Å². The summed E-state index contributed by atoms with van der Waals surface area (Å²) >= 11 is 0. The number of ether oxygens (including phenoxy) is 7. The van der Waals surface area contributed by atoms with Crippen LogP contribution in [0, 0.1) is 0 Å². The van der Waals surface area contributed by atoms with Crippen LogP contribution in [0.4, 0.5) is 4.79 Å². The van der Waals surface area contributed by atoms with Crippen LogP contribution in [-0.2, 0) is 55.3 Å². The van der Waals surface area contributed by atoms with Gasteiger partial charge < -0.3 is 39.1 Å². The Bertz CT molecular complexity index is 1950. The molecule has 0 bridgehead atoms. The number of amides is 2. The van der Waals surface area contributed by atoms with Crippen LogP contribution in [0.1, 0.15) is 38.3 Å². The van der Waals surface area contributed by atoms with E-state index in [4.69, 9.17) is 33.2 Å². The summed E-state index contributed by atoms with van der Waals surface area (Å²) in [5.41, 5.74) is 1.58. The highest BCUT2D eigenvalue weighted by molar-refractivity contribution is 5.90. The van der Waals surface area contributed by atoms with E-state index in [1.54, 1.807) is 115 Å². The molecule has 2 fully saturated rings. The van der Waals surface area contributed by atoms with Crippen LogP contribution in [0.3, 0.4) is 0 Å². The lowest BCUT2D eigenvalue weighted by Crippen LogP contribution is -2.52. The van der Waals surface area contributed by atoms with Crippen LogP contribution in [0.15, 0.2) is 134 Å². The molecule has 55 heavy (non-hydrogen) atoms. The Morgan fingerprint density at radius 2 is 1.35 bits per heavy atom. The molecule has 4 aromatic rings. The quantitative estimate of drug-likeness (QED) is 0.0988. The Morgan fingerprint density at radius 3 is 1.98 bits per heavy atom. The third-order valence-electron chi connectivity index (χ3n) is 8.47. The van der Waals surface area contributed by atoms with Crippen LogP contribution < -0.4 is 10.6 Å². The summed E-state index contributed by atoms with van der Waals surface area (Å²) in [6.07, 6.45) is -4.86. The van der Waals surface area contributed by atoms with Gasteiger partial charge in [0.15, 0.2) is 18.5 Å². The Hall–Kier alpha value is -6.35. The van der Waals surface area contributed by atoms with Gasteiger partial charge in [-0.15, -0.1) is 0 Å². The van der Waals surface area contributed by atoms with E-state index in [9.17, 15) is 24.0 Å². The van der Waals surface area contributed by atoms with Crippen molar-refractivity contribution in [3.05, 3.63) is 156 Å². The van der Waals surface area contributed by atoms with Gasteiger partial charge in [-0.25, -0.2) is 19.2 Å². The van der Waals surface area contributed by atoms with Crippen LogP contribution in [0.5, 0.6) is 0 Å². The topological polar surface area (TPSA) is 174 Å². The summed E-state index contributed by atoms with van der Waals surface area (Å²) in [4.78, 5) is 65.7. The second kappa shape index (κ2) is 18.1. The van der Waals surface area contributed by atoms with E-state index in [1.165, 1.54) is 6.08 Å². The first-order valence-electron chi connectivity index (χ1n) is 17.4. The van der Waals surface area contributed by atoms with Gasteiger partial charge in [0.25, 0.3) is 5.91 Å². The molecule has 2 amide bonds. The predicted molar refractivity (Wildman–Crippen MR) is 193 cm³/mol. The van der Waals surface area contributed by atoms with Crippen molar-refractivity contribution in [2.45, 2.75) is 49.6 Å². The second-order valence-corrected chi connectivity index (χ2v) is 12.4. The lowest BCUT2D eigenvalue weighted by atomic mass is 10.1. The number of carbonyl (C=O) groups is 5. The lowest BCUT2D eigenvalue weighted by Gasteiger charge is -2.32. The number of carbonyl (C=O) groups excluding carboxylic acids is 5. The molecule has 2 aliphatic rings. The van der Waals surface area contributed by atoms with Crippen molar-refractivity contribution >= 4 is 29.9 Å². The maximum Gasteiger partial charge on any atom is 0.408 e. The van der Waals surface area contributed by atoms with Crippen LogP contribution in [0.25, 0.3) is 0 Å². The van der Waals surface area contributed by atoms with Gasteiger partial charge in [0.05, 0.1) is 17.5 Å². The van der Waals surface area contributed by atoms with Crippen molar-refractivity contribution in [2.24, 2.45) is 0 Å². The van der Waals surface area contributed by atoms with Gasteiger partial charge in [-0.2, -0.15) is 0 Å². The molecule has 4 aromatic carbocycles. The minimum Gasteiger partial charge on any atom is -0.460 e. The molecule has 0 spiro atoms. The molecule has 2 unspecified atom stereocenters. The molecule has 0 radical (unpaired) electrons. The summed E-state index contributed by atoms with van der Waals surface area (Å²) in [7, 11) is 0. The average molecular weight is 751 g/mol. The van der Waals surface area contributed by atoms with Crippen molar-refractivity contribution in [3.63, 3.8) is 0 Å². The Balaban J connectivity index is 1.20. The van der Waals surface area contributed by atoms with Crippen molar-refractivity contribution in [1.29, 1.82) is 0 Å². The zero-order valence-corrected chi connectivity index (χ0v) is 29.4. The van der Waals surface area contributed by atoms with Crippen LogP contribution >= 0.6 is 0 Å². The first-order valence-corrected chi connectivity index (χ1v) is 17.4. The molecule has 0 aliphatic carbocycles. The standard InChI is InChI=1S/C41H38N2O12/c1-2-23-49-38(47)31(42-40(48)51-25-27-15-7-3-8-16-27)24-33(44)43-41(30-21-13-6-14-22-30)54-35-34(53-37(46)29-19-11-5-12-20-29)32(52-39(35)55-41)26-50-36(45)28-17-9-4-10-18-28/h2-22,31-32,34-35,39H,1,23-26H2,(H,42,48)(H,43,44)/t31-,32+,34-,35?,39?,41-/m0/s1. The maximum atomic E-state index is 13.8. The van der Waals surface area contributed by atoms with E-state index >= 15 is 0 Å². The van der Waals surface area contributed by atoms with Crippen molar-refractivity contribution < 1.29 is 57.1 Å². The predicted octanol–water partition coefficient (Wildman–Crippen LogP) is 4.55. The molecular weight excluding hydrogens is 712 g/mol. The van der Waals surface area contributed by atoms with Crippen molar-refractivity contribution in [2.75, 3.05) is 13.2 Å². The number of hydrogen-bond acceptors (Lipinski definition) is 12. The zero-order valence-electron chi connectivity index (χ0n) is 29.4. The van der Waals surface area contributed by atoms with E-state index in [1.807, 2.05) is 6.07 Å². The first-order chi connectivity index (χ1) is 26.7. The summed E-state index contributed by atoms with van der Waals surface area (Å²) in [5, 5.41) is 5.09. The SMILES string of the molecule is C=CCOC(=O)[C@H](CC(=O)N[C@]1(c2ccccc2)OC2O[C@H](COC(=O)c3ccccc3)[C@H](OC(=O)c3ccccc3)C2O1)NC(=O)OCc1ccccc1. The van der Waals surface area contributed by atoms with Crippen molar-refractivity contribution in [1.82, 2.24) is 10.6 Å². The van der Waals surface area contributed by atoms with E-state index in [0.717, 1.165) is 0 Å². The van der Waals surface area contributed by atoms with Gasteiger partial charge in [-0.05, 0) is 29.8 Å². The lowest BCUT2D eigenvalue weighted by molar-refractivity contribution is -0.257. The highest BCUT2D eigenvalue weighted by Crippen LogP contribution is 2.43. The zero-order chi connectivity index (χ0) is 38.6. The Morgan fingerprint density at radius 1 is 0.745 bits per heavy atom. The largest absolute Gasteiger partial charge is 0.460 e. The minimum atomic E-state index is -2.03. The molecule has 2 N–H and O–H groups in total. The summed E-state index contributed by atoms with van der Waals surface area (Å²) < 4.78 is 40.8. The maximum absolute atomic E-state index is 13.8. The molecule has 6 rings (SSSR count). The molecule has 0 saturated carbocycles. The number of nitrogens with one attached hydrogen (secondary N) is 2. The normalized spacial score (nSPS) is 21.6. The van der Waals surface area contributed by atoms with Gasteiger partial charge in [-0.3, -0.25) is 9.53 Å². The van der Waals surface area contributed by atoms with Gasteiger partial charge >= 0.3 is 24.0 Å². The number of fused-ring (bicyclic) bond motifs is 1. The summed E-state index contributed by atoms with van der Waals surface area (Å²) in [5.74, 6) is -5.08. The molecule has 2 aliphatic heterocycles. The molecule has 6 atom stereocenters. The average Bonchev–Trinajstić information content (AvgIpc) is 3.73. The van der Waals surface area contributed by atoms with E-state index in [0.29, 0.717) is 16.7 Å². The highest BCUT2D eigenvalue weighted by atomic mass is 16.9. The fourth-order valence-electron chi connectivity index (χ4n) is 5.84. The van der Waals surface area contributed by atoms with E-state index in [2.05, 4.69) is 17.2 Å². The van der Waals surface area contributed by atoms with Crippen LogP contribution in [0.2, 0.25) is 0 Å². The Kier molecular flexibility index (Phi) is 12.6. The molecule has 284 valence electrons. The van der Waals surface area contributed by atoms with Crippen LogP contribution in [-0.4, -0.2) is 73.8 Å². The number of rotatable bonds is 15. The highest BCUT2D eigenvalue weighted by Gasteiger charge is 2.61. The molecular formula is C41H38N2O12. The number of hydrogen-bond donors (Lipinski definition) is 2.